The maximum absolute atomic E-state index is 11.4. The summed E-state index contributed by atoms with van der Waals surface area (Å²) < 4.78 is 4.97. The van der Waals surface area contributed by atoms with E-state index in [1.54, 1.807) is 24.3 Å². The van der Waals surface area contributed by atoms with Crippen molar-refractivity contribution >= 4 is 5.97 Å². The van der Waals surface area contributed by atoms with Crippen LogP contribution in [0.2, 0.25) is 0 Å². The Balaban J connectivity index is 2.40. The number of ether oxygens (including phenoxy) is 1. The summed E-state index contributed by atoms with van der Waals surface area (Å²) in [7, 11) is 0. The Bertz CT molecular complexity index is 429. The second-order valence-electron chi connectivity index (χ2n) is 3.44. The van der Waals surface area contributed by atoms with Gasteiger partial charge in [-0.25, -0.2) is 4.79 Å². The fourth-order valence-corrected chi connectivity index (χ4v) is 1.64. The first-order valence-corrected chi connectivity index (χ1v) is 4.54. The van der Waals surface area contributed by atoms with Crippen LogP contribution in [-0.4, -0.2) is 16.9 Å². The average molecular weight is 207 g/mol. The zero-order valence-corrected chi connectivity index (χ0v) is 8.04. The zero-order chi connectivity index (χ0) is 11.0. The van der Waals surface area contributed by atoms with E-state index < -0.39 is 23.0 Å². The molecule has 1 aliphatic rings. The van der Waals surface area contributed by atoms with E-state index in [1.165, 1.54) is 6.92 Å². The van der Waals surface area contributed by atoms with E-state index in [0.29, 0.717) is 11.1 Å². The Morgan fingerprint density at radius 1 is 1.47 bits per heavy atom. The molecule has 0 aromatic heterocycles. The minimum absolute atomic E-state index is 0.427. The normalized spacial score (nSPS) is 20.6. The number of hydrogen-bond donors (Lipinski definition) is 0. The number of carbonyl (C=O) groups excluding carboxylic acids is 1. The van der Waals surface area contributed by atoms with Crippen molar-refractivity contribution in [2.45, 2.75) is 19.1 Å². The van der Waals surface area contributed by atoms with Crippen molar-refractivity contribution < 1.29 is 14.5 Å². The third-order valence-corrected chi connectivity index (χ3v) is 2.49. The van der Waals surface area contributed by atoms with Crippen molar-refractivity contribution in [3.05, 3.63) is 45.5 Å². The molecule has 1 aromatic rings. The van der Waals surface area contributed by atoms with Crippen molar-refractivity contribution in [1.82, 2.24) is 0 Å². The molecular formula is C10H9NO4. The van der Waals surface area contributed by atoms with Gasteiger partial charge < -0.3 is 4.74 Å². The second kappa shape index (κ2) is 3.34. The van der Waals surface area contributed by atoms with Crippen LogP contribution in [-0.2, 0) is 4.74 Å². The smallest absolute Gasteiger partial charge is 0.339 e. The first-order valence-electron chi connectivity index (χ1n) is 4.54. The van der Waals surface area contributed by atoms with Crippen LogP contribution in [0.4, 0.5) is 0 Å². The second-order valence-corrected chi connectivity index (χ2v) is 3.44. The highest BCUT2D eigenvalue weighted by Gasteiger charge is 2.39. The molecule has 0 amide bonds. The number of esters is 1. The standard InChI is InChI=1S/C10H9NO4/c1-6(11(13)14)9-7-4-2-3-5-8(7)10(12)15-9/h2-6,9H,1H3/t6-,9+/m0/s1. The predicted molar refractivity (Wildman–Crippen MR) is 51.1 cm³/mol. The molecule has 5 heteroatoms. The molecule has 78 valence electrons. The Morgan fingerprint density at radius 3 is 2.80 bits per heavy atom. The van der Waals surface area contributed by atoms with Crippen LogP contribution in [0.1, 0.15) is 28.9 Å². The summed E-state index contributed by atoms with van der Waals surface area (Å²) in [5.41, 5.74) is 1.03. The molecule has 0 fully saturated rings. The van der Waals surface area contributed by atoms with Crippen LogP contribution in [0.15, 0.2) is 24.3 Å². The molecule has 0 spiro atoms. The number of carbonyl (C=O) groups is 1. The van der Waals surface area contributed by atoms with Crippen molar-refractivity contribution in [2.75, 3.05) is 0 Å². The average Bonchev–Trinajstić information content (AvgIpc) is 2.56. The molecule has 5 nitrogen and oxygen atoms in total. The van der Waals surface area contributed by atoms with Crippen molar-refractivity contribution in [3.8, 4) is 0 Å². The van der Waals surface area contributed by atoms with Crippen LogP contribution in [0.25, 0.3) is 0 Å². The third kappa shape index (κ3) is 1.45. The van der Waals surface area contributed by atoms with Gasteiger partial charge in [0.1, 0.15) is 0 Å². The van der Waals surface area contributed by atoms with Gasteiger partial charge in [0, 0.05) is 17.4 Å². The molecule has 0 bridgehead atoms. The number of hydrogen-bond acceptors (Lipinski definition) is 4. The van der Waals surface area contributed by atoms with Gasteiger partial charge in [0.15, 0.2) is 6.10 Å². The van der Waals surface area contributed by atoms with Gasteiger partial charge in [-0.1, -0.05) is 18.2 Å². The molecule has 0 saturated heterocycles. The van der Waals surface area contributed by atoms with Gasteiger partial charge in [0.2, 0.25) is 0 Å². The Labute approximate surface area is 85.8 Å². The topological polar surface area (TPSA) is 69.4 Å². The van der Waals surface area contributed by atoms with Crippen molar-refractivity contribution in [2.24, 2.45) is 0 Å². The van der Waals surface area contributed by atoms with E-state index in [4.69, 9.17) is 4.74 Å². The fourth-order valence-electron chi connectivity index (χ4n) is 1.64. The lowest BCUT2D eigenvalue weighted by molar-refractivity contribution is -0.530. The van der Waals surface area contributed by atoms with Crippen LogP contribution in [0.5, 0.6) is 0 Å². The lowest BCUT2D eigenvalue weighted by Crippen LogP contribution is -2.24. The fraction of sp³-hybridized carbons (Fsp3) is 0.300. The van der Waals surface area contributed by atoms with Crippen molar-refractivity contribution in [3.63, 3.8) is 0 Å². The number of nitro groups is 1. The third-order valence-electron chi connectivity index (χ3n) is 2.49. The van der Waals surface area contributed by atoms with Gasteiger partial charge in [-0.15, -0.1) is 0 Å². The highest BCUT2D eigenvalue weighted by atomic mass is 16.6. The SMILES string of the molecule is C[C@@H]([C@H]1OC(=O)c2ccccc21)[N+](=O)[O-]. The summed E-state index contributed by atoms with van der Waals surface area (Å²) in [6.45, 7) is 1.43. The first kappa shape index (κ1) is 9.64. The molecule has 1 aliphatic heterocycles. The van der Waals surface area contributed by atoms with Gasteiger partial charge in [0.25, 0.3) is 6.04 Å². The summed E-state index contributed by atoms with van der Waals surface area (Å²) in [6, 6.07) is 5.83. The largest absolute Gasteiger partial charge is 0.446 e. The summed E-state index contributed by atoms with van der Waals surface area (Å²) in [6.07, 6.45) is -0.760. The summed E-state index contributed by atoms with van der Waals surface area (Å²) >= 11 is 0. The monoisotopic (exact) mass is 207 g/mol. The molecule has 0 saturated carbocycles. The maximum atomic E-state index is 11.4. The van der Waals surface area contributed by atoms with E-state index in [0.717, 1.165) is 0 Å². The van der Waals surface area contributed by atoms with E-state index in [9.17, 15) is 14.9 Å². The maximum Gasteiger partial charge on any atom is 0.339 e. The number of rotatable bonds is 2. The number of cyclic esters (lactones) is 1. The lowest BCUT2D eigenvalue weighted by atomic mass is 10.0. The van der Waals surface area contributed by atoms with Crippen LogP contribution < -0.4 is 0 Å². The first-order chi connectivity index (χ1) is 7.11. The molecule has 2 atom stereocenters. The minimum atomic E-state index is -0.919. The summed E-state index contributed by atoms with van der Waals surface area (Å²) in [5.74, 6) is -0.482. The Kier molecular flexibility index (Phi) is 2.15. The van der Waals surface area contributed by atoms with Gasteiger partial charge in [-0.3, -0.25) is 10.1 Å². The van der Waals surface area contributed by atoms with Crippen LogP contribution in [0.3, 0.4) is 0 Å². The van der Waals surface area contributed by atoms with Gasteiger partial charge >= 0.3 is 5.97 Å². The Morgan fingerprint density at radius 2 is 2.13 bits per heavy atom. The van der Waals surface area contributed by atoms with Crippen LogP contribution in [0, 0.1) is 10.1 Å². The van der Waals surface area contributed by atoms with E-state index in [1.807, 2.05) is 0 Å². The molecule has 2 rings (SSSR count). The summed E-state index contributed by atoms with van der Waals surface area (Å²) in [5, 5.41) is 10.6. The highest BCUT2D eigenvalue weighted by molar-refractivity contribution is 5.94. The zero-order valence-electron chi connectivity index (χ0n) is 8.04. The highest BCUT2D eigenvalue weighted by Crippen LogP contribution is 2.33. The molecule has 0 radical (unpaired) electrons. The molecular weight excluding hydrogens is 198 g/mol. The number of fused-ring (bicyclic) bond motifs is 1. The quantitative estimate of drug-likeness (QED) is 0.419. The lowest BCUT2D eigenvalue weighted by Gasteiger charge is -2.11. The number of nitrogens with zero attached hydrogens (tertiary/aromatic N) is 1. The van der Waals surface area contributed by atoms with Gasteiger partial charge in [0.05, 0.1) is 5.56 Å². The molecule has 0 unspecified atom stereocenters. The Hall–Kier alpha value is -1.91. The van der Waals surface area contributed by atoms with Gasteiger partial charge in [-0.05, 0) is 6.07 Å². The van der Waals surface area contributed by atoms with Crippen LogP contribution >= 0.6 is 0 Å². The number of benzene rings is 1. The molecule has 0 aliphatic carbocycles. The molecule has 1 aromatic carbocycles. The van der Waals surface area contributed by atoms with E-state index in [-0.39, 0.29) is 0 Å². The predicted octanol–water partition coefficient (Wildman–Crippen LogP) is 1.56. The van der Waals surface area contributed by atoms with Gasteiger partial charge in [-0.2, -0.15) is 0 Å². The summed E-state index contributed by atoms with van der Waals surface area (Å²) in [4.78, 5) is 21.5. The van der Waals surface area contributed by atoms with Crippen molar-refractivity contribution in [1.29, 1.82) is 0 Å². The minimum Gasteiger partial charge on any atom is -0.446 e. The van der Waals surface area contributed by atoms with E-state index >= 15 is 0 Å². The molecule has 15 heavy (non-hydrogen) atoms. The molecule has 1 heterocycles. The molecule has 0 N–H and O–H groups in total. The van der Waals surface area contributed by atoms with E-state index in [2.05, 4.69) is 0 Å².